The standard InChI is InChI=1S/C18H16N4O2/c1-13(23)14-5-7-16(8-6-14)22-18(24)15(10-19)11-20-12-17-4-2-3-9-21-17/h2-9,11,20H,12H2,1H3,(H,22,24)/b15-11-. The van der Waals surface area contributed by atoms with Gasteiger partial charge in [-0.15, -0.1) is 0 Å². The minimum absolute atomic E-state index is 0.0517. The monoisotopic (exact) mass is 320 g/mol. The van der Waals surface area contributed by atoms with E-state index in [2.05, 4.69) is 15.6 Å². The van der Waals surface area contributed by atoms with Crippen molar-refractivity contribution in [3.05, 3.63) is 71.7 Å². The van der Waals surface area contributed by atoms with Gasteiger partial charge in [-0.25, -0.2) is 0 Å². The first-order valence-corrected chi connectivity index (χ1v) is 7.26. The van der Waals surface area contributed by atoms with Crippen molar-refractivity contribution < 1.29 is 9.59 Å². The van der Waals surface area contributed by atoms with Gasteiger partial charge in [0.25, 0.3) is 5.91 Å². The van der Waals surface area contributed by atoms with Gasteiger partial charge in [0.15, 0.2) is 5.78 Å². The van der Waals surface area contributed by atoms with E-state index < -0.39 is 5.91 Å². The molecule has 0 radical (unpaired) electrons. The van der Waals surface area contributed by atoms with Gasteiger partial charge in [-0.05, 0) is 43.3 Å². The maximum absolute atomic E-state index is 12.1. The van der Waals surface area contributed by atoms with E-state index in [0.717, 1.165) is 5.69 Å². The summed E-state index contributed by atoms with van der Waals surface area (Å²) in [7, 11) is 0. The molecule has 1 heterocycles. The highest BCUT2D eigenvalue weighted by atomic mass is 16.1. The molecule has 24 heavy (non-hydrogen) atoms. The molecule has 0 bridgehead atoms. The fourth-order valence-electron chi connectivity index (χ4n) is 1.90. The summed E-state index contributed by atoms with van der Waals surface area (Å²) in [6, 6.07) is 13.8. The molecule has 0 aliphatic heterocycles. The van der Waals surface area contributed by atoms with Crippen LogP contribution in [0, 0.1) is 11.3 Å². The van der Waals surface area contributed by atoms with Crippen LogP contribution in [-0.4, -0.2) is 16.7 Å². The van der Waals surface area contributed by atoms with Crippen molar-refractivity contribution in [2.75, 3.05) is 5.32 Å². The fraction of sp³-hybridized carbons (Fsp3) is 0.111. The number of Topliss-reactive ketones (excluding diaryl/α,β-unsaturated/α-hetero) is 1. The third-order valence-electron chi connectivity index (χ3n) is 3.17. The molecule has 0 saturated heterocycles. The number of benzene rings is 1. The molecule has 0 aliphatic carbocycles. The van der Waals surface area contributed by atoms with Crippen LogP contribution in [0.25, 0.3) is 0 Å². The Labute approximate surface area is 139 Å². The van der Waals surface area contributed by atoms with Gasteiger partial charge >= 0.3 is 0 Å². The van der Waals surface area contributed by atoms with E-state index in [1.54, 1.807) is 30.5 Å². The second-order valence-corrected chi connectivity index (χ2v) is 4.96. The molecule has 0 spiro atoms. The minimum atomic E-state index is -0.526. The number of nitrogens with one attached hydrogen (secondary N) is 2. The number of aromatic nitrogens is 1. The molecule has 6 nitrogen and oxygen atoms in total. The lowest BCUT2D eigenvalue weighted by Crippen LogP contribution is -2.17. The van der Waals surface area contributed by atoms with E-state index in [1.165, 1.54) is 13.1 Å². The van der Waals surface area contributed by atoms with Gasteiger partial charge in [-0.2, -0.15) is 5.26 Å². The van der Waals surface area contributed by atoms with Crippen molar-refractivity contribution in [3.63, 3.8) is 0 Å². The van der Waals surface area contributed by atoms with Crippen molar-refractivity contribution >= 4 is 17.4 Å². The maximum Gasteiger partial charge on any atom is 0.267 e. The summed E-state index contributed by atoms with van der Waals surface area (Å²) >= 11 is 0. The first-order valence-electron chi connectivity index (χ1n) is 7.26. The number of hydrogen-bond acceptors (Lipinski definition) is 5. The summed E-state index contributed by atoms with van der Waals surface area (Å²) in [6.07, 6.45) is 3.03. The van der Waals surface area contributed by atoms with Crippen LogP contribution in [-0.2, 0) is 11.3 Å². The first kappa shape index (κ1) is 16.9. The van der Waals surface area contributed by atoms with E-state index in [9.17, 15) is 9.59 Å². The van der Waals surface area contributed by atoms with Gasteiger partial charge in [0.2, 0.25) is 0 Å². The Balaban J connectivity index is 1.96. The number of nitriles is 1. The van der Waals surface area contributed by atoms with Gasteiger partial charge < -0.3 is 10.6 Å². The van der Waals surface area contributed by atoms with Gasteiger partial charge in [0.05, 0.1) is 12.2 Å². The largest absolute Gasteiger partial charge is 0.384 e. The predicted molar refractivity (Wildman–Crippen MR) is 89.8 cm³/mol. The summed E-state index contributed by atoms with van der Waals surface area (Å²) in [5.41, 5.74) is 1.81. The van der Waals surface area contributed by atoms with Crippen molar-refractivity contribution in [1.82, 2.24) is 10.3 Å². The van der Waals surface area contributed by atoms with Crippen LogP contribution in [0.4, 0.5) is 5.69 Å². The Kier molecular flexibility index (Phi) is 5.81. The lowest BCUT2D eigenvalue weighted by Gasteiger charge is -2.05. The van der Waals surface area contributed by atoms with Crippen molar-refractivity contribution in [3.8, 4) is 6.07 Å². The highest BCUT2D eigenvalue weighted by molar-refractivity contribution is 6.06. The Morgan fingerprint density at radius 1 is 1.21 bits per heavy atom. The number of nitrogens with zero attached hydrogens (tertiary/aromatic N) is 2. The Bertz CT molecular complexity index is 790. The SMILES string of the molecule is CC(=O)c1ccc(NC(=O)/C(C#N)=C\NCc2ccccn2)cc1. The number of carbonyl (C=O) groups is 2. The van der Waals surface area contributed by atoms with Crippen LogP contribution in [0.5, 0.6) is 0 Å². The molecule has 1 aromatic carbocycles. The van der Waals surface area contributed by atoms with E-state index in [-0.39, 0.29) is 11.4 Å². The first-order chi connectivity index (χ1) is 11.6. The third-order valence-corrected chi connectivity index (χ3v) is 3.17. The molecule has 0 atom stereocenters. The number of hydrogen-bond donors (Lipinski definition) is 2. The lowest BCUT2D eigenvalue weighted by molar-refractivity contribution is -0.112. The Morgan fingerprint density at radius 3 is 2.54 bits per heavy atom. The van der Waals surface area contributed by atoms with Crippen molar-refractivity contribution in [1.29, 1.82) is 5.26 Å². The highest BCUT2D eigenvalue weighted by Crippen LogP contribution is 2.11. The minimum Gasteiger partial charge on any atom is -0.384 e. The average molecular weight is 320 g/mol. The smallest absolute Gasteiger partial charge is 0.267 e. The zero-order valence-electron chi connectivity index (χ0n) is 13.1. The Morgan fingerprint density at radius 2 is 1.96 bits per heavy atom. The predicted octanol–water partition coefficient (Wildman–Crippen LogP) is 2.42. The Hall–Kier alpha value is -3.46. The normalized spacial score (nSPS) is 10.6. The number of pyridine rings is 1. The molecule has 2 N–H and O–H groups in total. The molecule has 0 fully saturated rings. The van der Waals surface area contributed by atoms with Crippen LogP contribution in [0.15, 0.2) is 60.4 Å². The van der Waals surface area contributed by atoms with E-state index >= 15 is 0 Å². The zero-order chi connectivity index (χ0) is 17.4. The van der Waals surface area contributed by atoms with E-state index in [0.29, 0.717) is 17.8 Å². The van der Waals surface area contributed by atoms with Crippen molar-refractivity contribution in [2.45, 2.75) is 13.5 Å². The molecule has 0 saturated carbocycles. The topological polar surface area (TPSA) is 94.9 Å². The summed E-state index contributed by atoms with van der Waals surface area (Å²) < 4.78 is 0. The summed E-state index contributed by atoms with van der Waals surface area (Å²) in [5, 5.41) is 14.6. The average Bonchev–Trinajstić information content (AvgIpc) is 2.60. The molecule has 1 amide bonds. The zero-order valence-corrected chi connectivity index (χ0v) is 13.1. The van der Waals surface area contributed by atoms with Crippen LogP contribution in [0.2, 0.25) is 0 Å². The molecule has 0 unspecified atom stereocenters. The number of rotatable bonds is 6. The van der Waals surface area contributed by atoms with Gasteiger partial charge in [0, 0.05) is 23.6 Å². The number of carbonyl (C=O) groups excluding carboxylic acids is 2. The van der Waals surface area contributed by atoms with Crippen LogP contribution in [0.3, 0.4) is 0 Å². The quantitative estimate of drug-likeness (QED) is 0.484. The summed E-state index contributed by atoms with van der Waals surface area (Å²) in [6.45, 7) is 1.88. The lowest BCUT2D eigenvalue weighted by atomic mass is 10.1. The second kappa shape index (κ2) is 8.25. The van der Waals surface area contributed by atoms with Crippen LogP contribution < -0.4 is 10.6 Å². The number of ketones is 1. The molecule has 2 rings (SSSR count). The molecule has 1 aromatic heterocycles. The molecular formula is C18H16N4O2. The second-order valence-electron chi connectivity index (χ2n) is 4.96. The molecule has 0 aliphatic rings. The van der Waals surface area contributed by atoms with Crippen molar-refractivity contribution in [2.24, 2.45) is 0 Å². The molecular weight excluding hydrogens is 304 g/mol. The number of amides is 1. The molecule has 120 valence electrons. The van der Waals surface area contributed by atoms with Gasteiger partial charge in [0.1, 0.15) is 11.6 Å². The summed E-state index contributed by atoms with van der Waals surface area (Å²) in [5.74, 6) is -0.578. The van der Waals surface area contributed by atoms with E-state index in [1.807, 2.05) is 24.3 Å². The molecule has 6 heteroatoms. The van der Waals surface area contributed by atoms with Crippen LogP contribution >= 0.6 is 0 Å². The summed E-state index contributed by atoms with van der Waals surface area (Å²) in [4.78, 5) is 27.4. The maximum atomic E-state index is 12.1. The van der Waals surface area contributed by atoms with Crippen LogP contribution in [0.1, 0.15) is 23.0 Å². The molecule has 2 aromatic rings. The fourth-order valence-corrected chi connectivity index (χ4v) is 1.90. The van der Waals surface area contributed by atoms with E-state index in [4.69, 9.17) is 5.26 Å². The number of anilines is 1. The van der Waals surface area contributed by atoms with Gasteiger partial charge in [-0.1, -0.05) is 6.07 Å². The third kappa shape index (κ3) is 4.78. The highest BCUT2D eigenvalue weighted by Gasteiger charge is 2.09. The van der Waals surface area contributed by atoms with Gasteiger partial charge in [-0.3, -0.25) is 14.6 Å².